The lowest BCUT2D eigenvalue weighted by Crippen LogP contribution is -3.11. The largest absolute Gasteiger partial charge is 0.406 e. The van der Waals surface area contributed by atoms with E-state index in [2.05, 4.69) is 5.32 Å². The fourth-order valence-corrected chi connectivity index (χ4v) is 3.26. The molecule has 8 heteroatoms. The van der Waals surface area contributed by atoms with Crippen LogP contribution in [0.3, 0.4) is 0 Å². The molecule has 1 aliphatic rings. The van der Waals surface area contributed by atoms with E-state index in [1.54, 1.807) is 20.0 Å². The maximum absolute atomic E-state index is 12.9. The number of hydrogen-bond acceptors (Lipinski definition) is 2. The lowest BCUT2D eigenvalue weighted by molar-refractivity contribution is -0.862. The zero-order valence-corrected chi connectivity index (χ0v) is 16.8. The summed E-state index contributed by atoms with van der Waals surface area (Å²) in [5, 5.41) is 2.81. The van der Waals surface area contributed by atoms with E-state index in [1.165, 1.54) is 0 Å². The van der Waals surface area contributed by atoms with Gasteiger partial charge in [-0.3, -0.25) is 9.59 Å². The van der Waals surface area contributed by atoms with Crippen LogP contribution in [0.1, 0.15) is 30.9 Å². The molecule has 2 rings (SSSR count). The molecule has 28 heavy (non-hydrogen) atoms. The fraction of sp³-hybridized carbons (Fsp3) is 0.600. The standard InChI is InChI=1S/C20H28F3N3O2/c1-13-6-5-7-17(14(13)2)24-18(27)10-25(4)11-19(28)26(12-20(21,22)23)15(3)16-8-9-16/h5-7,15-16H,8-12H2,1-4H3,(H,24,27)/p+1/t15-/m0/s1. The highest BCUT2D eigenvalue weighted by Gasteiger charge is 2.41. The molecule has 2 atom stereocenters. The van der Waals surface area contributed by atoms with Gasteiger partial charge in [0.1, 0.15) is 6.54 Å². The van der Waals surface area contributed by atoms with Crippen molar-refractivity contribution in [2.24, 2.45) is 5.92 Å². The van der Waals surface area contributed by atoms with Crippen LogP contribution >= 0.6 is 0 Å². The summed E-state index contributed by atoms with van der Waals surface area (Å²) in [4.78, 5) is 26.3. The minimum Gasteiger partial charge on any atom is -0.326 e. The second-order valence-electron chi connectivity index (χ2n) is 7.82. The number of anilines is 1. The zero-order valence-electron chi connectivity index (χ0n) is 16.8. The van der Waals surface area contributed by atoms with Crippen LogP contribution in [0, 0.1) is 19.8 Å². The average molecular weight is 400 g/mol. The molecule has 1 unspecified atom stereocenters. The summed E-state index contributed by atoms with van der Waals surface area (Å²) in [6, 6.07) is 5.14. The van der Waals surface area contributed by atoms with Crippen LogP contribution in [-0.2, 0) is 9.59 Å². The first kappa shape index (κ1) is 22.2. The molecule has 0 aromatic heterocycles. The Balaban J connectivity index is 1.93. The molecule has 0 radical (unpaired) electrons. The minimum atomic E-state index is -4.44. The molecule has 0 heterocycles. The van der Waals surface area contributed by atoms with Crippen LogP contribution in [-0.4, -0.2) is 55.6 Å². The van der Waals surface area contributed by atoms with Gasteiger partial charge in [-0.15, -0.1) is 0 Å². The number of aryl methyl sites for hydroxylation is 1. The average Bonchev–Trinajstić information content (AvgIpc) is 3.40. The van der Waals surface area contributed by atoms with E-state index in [4.69, 9.17) is 0 Å². The summed E-state index contributed by atoms with van der Waals surface area (Å²) >= 11 is 0. The zero-order chi connectivity index (χ0) is 21.1. The van der Waals surface area contributed by atoms with Crippen molar-refractivity contribution in [3.05, 3.63) is 29.3 Å². The van der Waals surface area contributed by atoms with Crippen LogP contribution in [0.2, 0.25) is 0 Å². The highest BCUT2D eigenvalue weighted by atomic mass is 19.4. The Labute approximate surface area is 163 Å². The SMILES string of the molecule is Cc1cccc(NC(=O)C[NH+](C)CC(=O)N(CC(F)(F)F)[C@@H](C)C2CC2)c1C. The van der Waals surface area contributed by atoms with Gasteiger partial charge in [0.05, 0.1) is 7.05 Å². The van der Waals surface area contributed by atoms with Crippen molar-refractivity contribution < 1.29 is 27.7 Å². The summed E-state index contributed by atoms with van der Waals surface area (Å²) in [5.41, 5.74) is 2.70. The number of rotatable bonds is 8. The van der Waals surface area contributed by atoms with Crippen molar-refractivity contribution >= 4 is 17.5 Å². The molecule has 1 saturated carbocycles. The quantitative estimate of drug-likeness (QED) is 0.701. The molecule has 0 spiro atoms. The lowest BCUT2D eigenvalue weighted by Gasteiger charge is -2.30. The Hall–Kier alpha value is -2.09. The molecular weight excluding hydrogens is 371 g/mol. The maximum Gasteiger partial charge on any atom is 0.406 e. The molecule has 0 aliphatic heterocycles. The van der Waals surface area contributed by atoms with Crippen molar-refractivity contribution in [1.82, 2.24) is 4.90 Å². The normalized spacial score (nSPS) is 16.4. The van der Waals surface area contributed by atoms with E-state index in [9.17, 15) is 22.8 Å². The topological polar surface area (TPSA) is 53.9 Å². The number of nitrogens with zero attached hydrogens (tertiary/aromatic N) is 1. The number of likely N-dealkylation sites (N-methyl/N-ethyl adjacent to an activating group) is 1. The Morgan fingerprint density at radius 1 is 1.25 bits per heavy atom. The highest BCUT2D eigenvalue weighted by Crippen LogP contribution is 2.36. The number of quaternary nitrogens is 1. The van der Waals surface area contributed by atoms with Gasteiger partial charge in [-0.05, 0) is 56.7 Å². The minimum absolute atomic E-state index is 0.00319. The third kappa shape index (κ3) is 6.51. The van der Waals surface area contributed by atoms with Gasteiger partial charge >= 0.3 is 6.18 Å². The molecule has 2 N–H and O–H groups in total. The predicted molar refractivity (Wildman–Crippen MR) is 101 cm³/mol. The Morgan fingerprint density at radius 3 is 2.46 bits per heavy atom. The van der Waals surface area contributed by atoms with Crippen LogP contribution < -0.4 is 10.2 Å². The van der Waals surface area contributed by atoms with Gasteiger partial charge < -0.3 is 15.1 Å². The van der Waals surface area contributed by atoms with E-state index in [0.29, 0.717) is 10.6 Å². The molecule has 156 valence electrons. The highest BCUT2D eigenvalue weighted by molar-refractivity contribution is 5.92. The lowest BCUT2D eigenvalue weighted by atomic mass is 10.1. The van der Waals surface area contributed by atoms with E-state index in [0.717, 1.165) is 28.9 Å². The van der Waals surface area contributed by atoms with Gasteiger partial charge in [0.15, 0.2) is 13.1 Å². The van der Waals surface area contributed by atoms with E-state index < -0.39 is 24.7 Å². The van der Waals surface area contributed by atoms with E-state index in [1.807, 2.05) is 26.0 Å². The van der Waals surface area contributed by atoms with Gasteiger partial charge in [-0.2, -0.15) is 13.2 Å². The molecule has 1 fully saturated rings. The maximum atomic E-state index is 12.9. The summed E-state index contributed by atoms with van der Waals surface area (Å²) in [7, 11) is 1.63. The van der Waals surface area contributed by atoms with Crippen molar-refractivity contribution in [3.8, 4) is 0 Å². The number of amides is 2. The number of alkyl halides is 3. The molecule has 1 aromatic rings. The van der Waals surface area contributed by atoms with E-state index >= 15 is 0 Å². The monoisotopic (exact) mass is 400 g/mol. The number of benzene rings is 1. The number of nitrogens with one attached hydrogen (secondary N) is 2. The van der Waals surface area contributed by atoms with Crippen molar-refractivity contribution in [2.45, 2.75) is 45.8 Å². The molecule has 0 bridgehead atoms. The summed E-state index contributed by atoms with van der Waals surface area (Å²) in [6.07, 6.45) is -2.74. The van der Waals surface area contributed by atoms with E-state index in [-0.39, 0.29) is 24.9 Å². The smallest absolute Gasteiger partial charge is 0.326 e. The molecule has 2 amide bonds. The summed E-state index contributed by atoms with van der Waals surface area (Å²) in [6.45, 7) is 4.11. The Kier molecular flexibility index (Phi) is 7.09. The predicted octanol–water partition coefficient (Wildman–Crippen LogP) is 1.95. The first-order valence-corrected chi connectivity index (χ1v) is 9.51. The van der Waals surface area contributed by atoms with Gasteiger partial charge in [-0.1, -0.05) is 12.1 Å². The van der Waals surface area contributed by atoms with Gasteiger partial charge in [0.25, 0.3) is 11.8 Å². The molecule has 1 aliphatic carbocycles. The third-order valence-electron chi connectivity index (χ3n) is 5.26. The number of carbonyl (C=O) groups excluding carboxylic acids is 2. The van der Waals surface area contributed by atoms with Crippen molar-refractivity contribution in [2.75, 3.05) is 32.0 Å². The Morgan fingerprint density at radius 2 is 1.89 bits per heavy atom. The number of halogens is 3. The first-order valence-electron chi connectivity index (χ1n) is 9.51. The molecular formula is C20H29F3N3O2+. The van der Waals surface area contributed by atoms with Crippen molar-refractivity contribution in [1.29, 1.82) is 0 Å². The second-order valence-corrected chi connectivity index (χ2v) is 7.82. The van der Waals surface area contributed by atoms with Gasteiger partial charge in [-0.25, -0.2) is 0 Å². The number of hydrogen-bond donors (Lipinski definition) is 2. The van der Waals surface area contributed by atoms with Crippen LogP contribution in [0.4, 0.5) is 18.9 Å². The molecule has 5 nitrogen and oxygen atoms in total. The van der Waals surface area contributed by atoms with Crippen molar-refractivity contribution in [3.63, 3.8) is 0 Å². The van der Waals surface area contributed by atoms with Gasteiger partial charge in [0.2, 0.25) is 0 Å². The first-order chi connectivity index (χ1) is 13.0. The van der Waals surface area contributed by atoms with Crippen LogP contribution in [0.25, 0.3) is 0 Å². The molecule has 0 saturated heterocycles. The van der Waals surface area contributed by atoms with Gasteiger partial charge in [0, 0.05) is 11.7 Å². The Bertz CT molecular complexity index is 717. The summed E-state index contributed by atoms with van der Waals surface area (Å²) in [5.74, 6) is -0.718. The summed E-state index contributed by atoms with van der Waals surface area (Å²) < 4.78 is 38.7. The van der Waals surface area contributed by atoms with Crippen LogP contribution in [0.5, 0.6) is 0 Å². The fourth-order valence-electron chi connectivity index (χ4n) is 3.26. The molecule has 1 aromatic carbocycles. The third-order valence-corrected chi connectivity index (χ3v) is 5.26. The van der Waals surface area contributed by atoms with Crippen LogP contribution in [0.15, 0.2) is 18.2 Å². The second kappa shape index (κ2) is 8.94. The number of carbonyl (C=O) groups is 2.